The molecule has 0 aliphatic heterocycles. The van der Waals surface area contributed by atoms with Crippen LogP contribution in [0.15, 0.2) is 0 Å². The maximum atomic E-state index is 11.2. The third-order valence-corrected chi connectivity index (χ3v) is 2.38. The fraction of sp³-hybridized carbons (Fsp3) is 0.900. The van der Waals surface area contributed by atoms with E-state index >= 15 is 0 Å². The molecule has 0 saturated heterocycles. The molecule has 1 amide bonds. The summed E-state index contributed by atoms with van der Waals surface area (Å²) in [6.45, 7) is 4.66. The van der Waals surface area contributed by atoms with Gasteiger partial charge in [-0.05, 0) is 38.1 Å². The highest BCUT2D eigenvalue weighted by Crippen LogP contribution is 1.98. The number of amides is 1. The zero-order chi connectivity index (χ0) is 10.8. The molecule has 0 rings (SSSR count). The number of carbonyl (C=O) groups excluding carboxylic acids is 1. The molecule has 0 aromatic rings. The molecule has 0 spiro atoms. The van der Waals surface area contributed by atoms with Crippen LogP contribution in [0.5, 0.6) is 0 Å². The first-order valence-electron chi connectivity index (χ1n) is 5.28. The summed E-state index contributed by atoms with van der Waals surface area (Å²) in [5.74, 6) is 1.03. The van der Waals surface area contributed by atoms with Crippen molar-refractivity contribution in [3.05, 3.63) is 0 Å². The Kier molecular flexibility index (Phi) is 9.19. The van der Waals surface area contributed by atoms with E-state index in [0.29, 0.717) is 6.54 Å². The Morgan fingerprint density at radius 1 is 1.36 bits per heavy atom. The topological polar surface area (TPSA) is 32.3 Å². The molecule has 0 fully saturated rings. The summed E-state index contributed by atoms with van der Waals surface area (Å²) in [7, 11) is 1.68. The molecular weight excluding hydrogens is 196 g/mol. The highest BCUT2D eigenvalue weighted by molar-refractivity contribution is 7.80. The van der Waals surface area contributed by atoms with Gasteiger partial charge in [0.15, 0.2) is 0 Å². The van der Waals surface area contributed by atoms with Gasteiger partial charge in [0.1, 0.15) is 0 Å². The predicted octanol–water partition coefficient (Wildman–Crippen LogP) is 1.15. The second kappa shape index (κ2) is 9.34. The van der Waals surface area contributed by atoms with Crippen molar-refractivity contribution in [1.82, 2.24) is 10.2 Å². The summed E-state index contributed by atoms with van der Waals surface area (Å²) < 4.78 is 0. The molecule has 1 N–H and O–H groups in total. The molecule has 14 heavy (non-hydrogen) atoms. The third-order valence-electron chi connectivity index (χ3n) is 2.07. The Labute approximate surface area is 92.7 Å². The van der Waals surface area contributed by atoms with Crippen molar-refractivity contribution in [2.45, 2.75) is 26.2 Å². The monoisotopic (exact) mass is 218 g/mol. The molecule has 84 valence electrons. The van der Waals surface area contributed by atoms with Gasteiger partial charge in [0.05, 0.1) is 6.54 Å². The number of hydrogen-bond donors (Lipinski definition) is 2. The van der Waals surface area contributed by atoms with Gasteiger partial charge in [-0.25, -0.2) is 0 Å². The molecule has 4 heteroatoms. The van der Waals surface area contributed by atoms with Crippen molar-refractivity contribution >= 4 is 18.5 Å². The first-order chi connectivity index (χ1) is 6.74. The standard InChI is InChI=1S/C10H22N2OS/c1-3-6-12(7-4-5-8-14)9-10(13)11-2/h14H,3-9H2,1-2H3,(H,11,13). The van der Waals surface area contributed by atoms with Crippen LogP contribution < -0.4 is 5.32 Å². The number of nitrogens with zero attached hydrogens (tertiary/aromatic N) is 1. The van der Waals surface area contributed by atoms with E-state index < -0.39 is 0 Å². The van der Waals surface area contributed by atoms with E-state index in [1.807, 2.05) is 0 Å². The molecule has 0 aliphatic carbocycles. The Balaban J connectivity index is 3.70. The van der Waals surface area contributed by atoms with Gasteiger partial charge in [0.2, 0.25) is 5.91 Å². The van der Waals surface area contributed by atoms with E-state index in [-0.39, 0.29) is 5.91 Å². The SMILES string of the molecule is CCCN(CCCCS)CC(=O)NC. The van der Waals surface area contributed by atoms with Gasteiger partial charge < -0.3 is 5.32 Å². The van der Waals surface area contributed by atoms with Crippen LogP contribution in [-0.4, -0.2) is 43.2 Å². The van der Waals surface area contributed by atoms with Crippen LogP contribution >= 0.6 is 12.6 Å². The molecule has 3 nitrogen and oxygen atoms in total. The van der Waals surface area contributed by atoms with Crippen molar-refractivity contribution < 1.29 is 4.79 Å². The number of unbranched alkanes of at least 4 members (excludes halogenated alkanes) is 1. The van der Waals surface area contributed by atoms with Gasteiger partial charge >= 0.3 is 0 Å². The number of thiol groups is 1. The Morgan fingerprint density at radius 3 is 2.57 bits per heavy atom. The molecule has 0 aromatic carbocycles. The third kappa shape index (κ3) is 7.21. The highest BCUT2D eigenvalue weighted by atomic mass is 32.1. The molecule has 0 unspecified atom stereocenters. The van der Waals surface area contributed by atoms with Crippen molar-refractivity contribution in [1.29, 1.82) is 0 Å². The molecule has 0 saturated carbocycles. The summed E-state index contributed by atoms with van der Waals surface area (Å²) in [4.78, 5) is 13.4. The van der Waals surface area contributed by atoms with E-state index in [1.165, 1.54) is 0 Å². The van der Waals surface area contributed by atoms with Crippen LogP contribution in [-0.2, 0) is 4.79 Å². The second-order valence-electron chi connectivity index (χ2n) is 3.38. The fourth-order valence-corrected chi connectivity index (χ4v) is 1.54. The summed E-state index contributed by atoms with van der Waals surface area (Å²) >= 11 is 4.17. The fourth-order valence-electron chi connectivity index (χ4n) is 1.32. The van der Waals surface area contributed by atoms with E-state index in [9.17, 15) is 4.79 Å². The maximum absolute atomic E-state index is 11.2. The lowest BCUT2D eigenvalue weighted by molar-refractivity contribution is -0.121. The van der Waals surface area contributed by atoms with Gasteiger partial charge in [0.25, 0.3) is 0 Å². The first-order valence-corrected chi connectivity index (χ1v) is 5.91. The van der Waals surface area contributed by atoms with Crippen LogP contribution in [0.25, 0.3) is 0 Å². The van der Waals surface area contributed by atoms with Gasteiger partial charge in [-0.2, -0.15) is 12.6 Å². The minimum atomic E-state index is 0.101. The minimum absolute atomic E-state index is 0.101. The molecule has 0 radical (unpaired) electrons. The molecule has 0 bridgehead atoms. The van der Waals surface area contributed by atoms with Crippen molar-refractivity contribution in [2.75, 3.05) is 32.4 Å². The van der Waals surface area contributed by atoms with Gasteiger partial charge in [-0.15, -0.1) is 0 Å². The van der Waals surface area contributed by atoms with Crippen molar-refractivity contribution in [3.8, 4) is 0 Å². The van der Waals surface area contributed by atoms with Crippen molar-refractivity contribution in [3.63, 3.8) is 0 Å². The van der Waals surface area contributed by atoms with Crippen LogP contribution in [0.2, 0.25) is 0 Å². The number of likely N-dealkylation sites (N-methyl/N-ethyl adjacent to an activating group) is 1. The van der Waals surface area contributed by atoms with Gasteiger partial charge in [-0.1, -0.05) is 6.92 Å². The van der Waals surface area contributed by atoms with Crippen LogP contribution in [0, 0.1) is 0 Å². The number of nitrogens with one attached hydrogen (secondary N) is 1. The summed E-state index contributed by atoms with van der Waals surface area (Å²) in [6, 6.07) is 0. The van der Waals surface area contributed by atoms with E-state index in [1.54, 1.807) is 7.05 Å². The van der Waals surface area contributed by atoms with Gasteiger partial charge in [0, 0.05) is 7.05 Å². The maximum Gasteiger partial charge on any atom is 0.233 e. The van der Waals surface area contributed by atoms with Crippen LogP contribution in [0.1, 0.15) is 26.2 Å². The average molecular weight is 218 g/mol. The lowest BCUT2D eigenvalue weighted by atomic mass is 10.3. The minimum Gasteiger partial charge on any atom is -0.358 e. The zero-order valence-electron chi connectivity index (χ0n) is 9.25. The van der Waals surface area contributed by atoms with Crippen molar-refractivity contribution in [2.24, 2.45) is 0 Å². The number of hydrogen-bond acceptors (Lipinski definition) is 3. The van der Waals surface area contributed by atoms with Crippen LogP contribution in [0.4, 0.5) is 0 Å². The van der Waals surface area contributed by atoms with Gasteiger partial charge in [-0.3, -0.25) is 9.69 Å². The molecule has 0 atom stereocenters. The summed E-state index contributed by atoms with van der Waals surface area (Å²) in [5.41, 5.74) is 0. The zero-order valence-corrected chi connectivity index (χ0v) is 10.1. The predicted molar refractivity (Wildman–Crippen MR) is 63.9 cm³/mol. The van der Waals surface area contributed by atoms with E-state index in [4.69, 9.17) is 0 Å². The Bertz CT molecular complexity index is 153. The molecule has 0 aliphatic rings. The Hall–Kier alpha value is -0.220. The van der Waals surface area contributed by atoms with E-state index in [0.717, 1.165) is 38.1 Å². The van der Waals surface area contributed by atoms with E-state index in [2.05, 4.69) is 29.8 Å². The average Bonchev–Trinajstić information content (AvgIpc) is 2.18. The highest BCUT2D eigenvalue weighted by Gasteiger charge is 2.07. The number of carbonyl (C=O) groups is 1. The number of rotatable bonds is 8. The lowest BCUT2D eigenvalue weighted by Crippen LogP contribution is -2.36. The Morgan fingerprint density at radius 2 is 2.07 bits per heavy atom. The summed E-state index contributed by atoms with van der Waals surface area (Å²) in [5, 5.41) is 2.65. The first kappa shape index (κ1) is 13.8. The molecule has 0 heterocycles. The quantitative estimate of drug-likeness (QED) is 0.473. The smallest absolute Gasteiger partial charge is 0.233 e. The molecule has 0 aromatic heterocycles. The van der Waals surface area contributed by atoms with Crippen LogP contribution in [0.3, 0.4) is 0 Å². The largest absolute Gasteiger partial charge is 0.358 e. The molecular formula is C10H22N2OS. The lowest BCUT2D eigenvalue weighted by Gasteiger charge is -2.20. The normalized spacial score (nSPS) is 10.6. The second-order valence-corrected chi connectivity index (χ2v) is 3.83. The summed E-state index contributed by atoms with van der Waals surface area (Å²) in [6.07, 6.45) is 3.34.